The Bertz CT molecular complexity index is 283. The van der Waals surface area contributed by atoms with Gasteiger partial charge in [0.2, 0.25) is 0 Å². The molecule has 17 heavy (non-hydrogen) atoms. The molecular formula is C14H26N2O. The molecule has 0 radical (unpaired) electrons. The lowest BCUT2D eigenvalue weighted by Crippen LogP contribution is -2.59. The van der Waals surface area contributed by atoms with E-state index in [1.165, 1.54) is 45.1 Å². The highest BCUT2D eigenvalue weighted by atomic mass is 16.5. The van der Waals surface area contributed by atoms with E-state index in [1.807, 2.05) is 7.11 Å². The summed E-state index contributed by atoms with van der Waals surface area (Å²) in [6.45, 7) is 2.12. The molecule has 0 aromatic heterocycles. The van der Waals surface area contributed by atoms with E-state index in [4.69, 9.17) is 10.5 Å². The average molecular weight is 238 g/mol. The molecule has 4 atom stereocenters. The molecule has 1 aliphatic heterocycles. The lowest BCUT2D eigenvalue weighted by molar-refractivity contribution is -0.0343. The Morgan fingerprint density at radius 3 is 2.82 bits per heavy atom. The molecular weight excluding hydrogens is 212 g/mol. The Hall–Kier alpha value is -0.120. The molecule has 0 aromatic rings. The van der Waals surface area contributed by atoms with Gasteiger partial charge in [-0.1, -0.05) is 0 Å². The van der Waals surface area contributed by atoms with Crippen molar-refractivity contribution in [1.29, 1.82) is 0 Å². The highest BCUT2D eigenvalue weighted by molar-refractivity contribution is 5.05. The van der Waals surface area contributed by atoms with Gasteiger partial charge in [-0.05, 0) is 50.9 Å². The summed E-state index contributed by atoms with van der Waals surface area (Å²) in [4.78, 5) is 2.77. The van der Waals surface area contributed by atoms with Gasteiger partial charge in [0, 0.05) is 31.8 Å². The number of rotatable bonds is 3. The first kappa shape index (κ1) is 11.9. The van der Waals surface area contributed by atoms with Crippen molar-refractivity contribution < 1.29 is 4.74 Å². The molecule has 2 N–H and O–H groups in total. The number of hydrogen-bond donors (Lipinski definition) is 1. The van der Waals surface area contributed by atoms with Crippen LogP contribution in [0.3, 0.4) is 0 Å². The number of nitrogens with zero attached hydrogens (tertiary/aromatic N) is 1. The van der Waals surface area contributed by atoms with Gasteiger partial charge < -0.3 is 10.5 Å². The minimum absolute atomic E-state index is 0.263. The summed E-state index contributed by atoms with van der Waals surface area (Å²) in [7, 11) is 1.85. The Labute approximate surface area is 105 Å². The SMILES string of the molecule is COC1CCCC(CN)(N2CC3CCC2C3)C1. The van der Waals surface area contributed by atoms with Crippen molar-refractivity contribution in [3.05, 3.63) is 0 Å². The predicted octanol–water partition coefficient (Wildman–Crippen LogP) is 1.76. The molecule has 2 saturated carbocycles. The Morgan fingerprint density at radius 1 is 1.35 bits per heavy atom. The van der Waals surface area contributed by atoms with Gasteiger partial charge in [-0.3, -0.25) is 4.90 Å². The van der Waals surface area contributed by atoms with Crippen LogP contribution in [0.1, 0.15) is 44.9 Å². The Balaban J connectivity index is 1.77. The molecule has 1 saturated heterocycles. The van der Waals surface area contributed by atoms with Gasteiger partial charge in [-0.2, -0.15) is 0 Å². The van der Waals surface area contributed by atoms with Gasteiger partial charge in [-0.25, -0.2) is 0 Å². The maximum atomic E-state index is 6.17. The first-order valence-electron chi connectivity index (χ1n) is 7.27. The van der Waals surface area contributed by atoms with Crippen LogP contribution in [-0.2, 0) is 4.74 Å². The van der Waals surface area contributed by atoms with Crippen LogP contribution < -0.4 is 5.73 Å². The van der Waals surface area contributed by atoms with Gasteiger partial charge in [0.25, 0.3) is 0 Å². The number of nitrogens with two attached hydrogens (primary N) is 1. The molecule has 3 fully saturated rings. The van der Waals surface area contributed by atoms with Crippen LogP contribution in [-0.4, -0.2) is 42.8 Å². The van der Waals surface area contributed by atoms with Crippen LogP contribution in [0.25, 0.3) is 0 Å². The van der Waals surface area contributed by atoms with E-state index >= 15 is 0 Å². The molecule has 2 aliphatic carbocycles. The quantitative estimate of drug-likeness (QED) is 0.814. The average Bonchev–Trinajstić information content (AvgIpc) is 3.01. The largest absolute Gasteiger partial charge is 0.381 e. The van der Waals surface area contributed by atoms with E-state index in [-0.39, 0.29) is 5.54 Å². The first-order valence-corrected chi connectivity index (χ1v) is 7.27. The second-order valence-corrected chi connectivity index (χ2v) is 6.37. The lowest BCUT2D eigenvalue weighted by atomic mass is 9.77. The molecule has 3 rings (SSSR count). The minimum atomic E-state index is 0.263. The third-order valence-corrected chi connectivity index (χ3v) is 5.51. The number of ether oxygens (including phenoxy) is 1. The van der Waals surface area contributed by atoms with Gasteiger partial charge in [0.1, 0.15) is 0 Å². The maximum Gasteiger partial charge on any atom is 0.0589 e. The summed E-state index contributed by atoms with van der Waals surface area (Å²) in [5, 5.41) is 0. The molecule has 3 aliphatic rings. The van der Waals surface area contributed by atoms with Gasteiger partial charge >= 0.3 is 0 Å². The smallest absolute Gasteiger partial charge is 0.0589 e. The number of fused-ring (bicyclic) bond motifs is 2. The van der Waals surface area contributed by atoms with E-state index < -0.39 is 0 Å². The van der Waals surface area contributed by atoms with Crippen molar-refractivity contribution in [2.24, 2.45) is 11.7 Å². The van der Waals surface area contributed by atoms with Crippen LogP contribution in [0.4, 0.5) is 0 Å². The fraction of sp³-hybridized carbons (Fsp3) is 1.00. The maximum absolute atomic E-state index is 6.17. The third-order valence-electron chi connectivity index (χ3n) is 5.51. The molecule has 1 heterocycles. The van der Waals surface area contributed by atoms with Crippen LogP contribution in [0, 0.1) is 5.92 Å². The summed E-state index contributed by atoms with van der Waals surface area (Å²) >= 11 is 0. The monoisotopic (exact) mass is 238 g/mol. The van der Waals surface area contributed by atoms with Gasteiger partial charge in [-0.15, -0.1) is 0 Å². The first-order chi connectivity index (χ1) is 8.27. The van der Waals surface area contributed by atoms with Gasteiger partial charge in [0.05, 0.1) is 6.10 Å². The molecule has 0 aromatic carbocycles. The van der Waals surface area contributed by atoms with Crippen molar-refractivity contribution in [2.45, 2.75) is 62.6 Å². The van der Waals surface area contributed by atoms with Crippen LogP contribution in [0.2, 0.25) is 0 Å². The molecule has 0 spiro atoms. The minimum Gasteiger partial charge on any atom is -0.381 e. The highest BCUT2D eigenvalue weighted by Crippen LogP contribution is 2.45. The second kappa shape index (κ2) is 4.52. The fourth-order valence-corrected chi connectivity index (χ4v) is 4.56. The highest BCUT2D eigenvalue weighted by Gasteiger charge is 2.49. The van der Waals surface area contributed by atoms with Crippen molar-refractivity contribution in [3.8, 4) is 0 Å². The Kier molecular flexibility index (Phi) is 3.18. The number of methoxy groups -OCH3 is 1. The molecule has 0 amide bonds. The predicted molar refractivity (Wildman–Crippen MR) is 68.9 cm³/mol. The summed E-state index contributed by atoms with van der Waals surface area (Å²) < 4.78 is 5.61. The van der Waals surface area contributed by atoms with E-state index in [1.54, 1.807) is 0 Å². The van der Waals surface area contributed by atoms with Crippen molar-refractivity contribution >= 4 is 0 Å². The zero-order valence-electron chi connectivity index (χ0n) is 11.0. The number of hydrogen-bond acceptors (Lipinski definition) is 3. The van der Waals surface area contributed by atoms with Crippen molar-refractivity contribution in [3.63, 3.8) is 0 Å². The standard InChI is InChI=1S/C14H26N2O/c1-17-13-3-2-6-14(8-13,10-15)16-9-11-4-5-12(16)7-11/h11-13H,2-10,15H2,1H3. The summed E-state index contributed by atoms with van der Waals surface area (Å²) in [6, 6.07) is 0.833. The van der Waals surface area contributed by atoms with E-state index in [0.29, 0.717) is 6.10 Å². The molecule has 98 valence electrons. The van der Waals surface area contributed by atoms with E-state index in [2.05, 4.69) is 4.90 Å². The third kappa shape index (κ3) is 1.92. The number of likely N-dealkylation sites (tertiary alicyclic amines) is 1. The topological polar surface area (TPSA) is 38.5 Å². The van der Waals surface area contributed by atoms with Crippen LogP contribution in [0.15, 0.2) is 0 Å². The van der Waals surface area contributed by atoms with Crippen LogP contribution in [0.5, 0.6) is 0 Å². The molecule has 4 unspecified atom stereocenters. The summed E-state index contributed by atoms with van der Waals surface area (Å²) in [5.74, 6) is 0.964. The van der Waals surface area contributed by atoms with Crippen molar-refractivity contribution in [2.75, 3.05) is 20.2 Å². The Morgan fingerprint density at radius 2 is 2.24 bits per heavy atom. The summed E-state index contributed by atoms with van der Waals surface area (Å²) in [6.07, 6.45) is 9.67. The van der Waals surface area contributed by atoms with Crippen molar-refractivity contribution in [1.82, 2.24) is 4.90 Å². The zero-order valence-corrected chi connectivity index (χ0v) is 11.0. The second-order valence-electron chi connectivity index (χ2n) is 6.37. The fourth-order valence-electron chi connectivity index (χ4n) is 4.56. The number of piperidine rings is 1. The van der Waals surface area contributed by atoms with Crippen LogP contribution >= 0.6 is 0 Å². The normalized spacial score (nSPS) is 46.6. The zero-order chi connectivity index (χ0) is 11.9. The summed E-state index contributed by atoms with van der Waals surface area (Å²) in [5.41, 5.74) is 6.43. The molecule has 2 bridgehead atoms. The van der Waals surface area contributed by atoms with E-state index in [9.17, 15) is 0 Å². The van der Waals surface area contributed by atoms with Gasteiger partial charge in [0.15, 0.2) is 0 Å². The molecule has 3 nitrogen and oxygen atoms in total. The molecule has 3 heteroatoms. The van der Waals surface area contributed by atoms with E-state index in [0.717, 1.165) is 24.9 Å². The lowest BCUT2D eigenvalue weighted by Gasteiger charge is -2.49.